The molecule has 26 heavy (non-hydrogen) atoms. The van der Waals surface area contributed by atoms with Crippen molar-refractivity contribution in [3.63, 3.8) is 0 Å². The Hall–Kier alpha value is -2.16. The predicted molar refractivity (Wildman–Crippen MR) is 101 cm³/mol. The second-order valence-electron chi connectivity index (χ2n) is 5.52. The van der Waals surface area contributed by atoms with Crippen LogP contribution in [0.4, 0.5) is 0 Å². The number of hydrogen-bond acceptors (Lipinski definition) is 5. The molecule has 0 aliphatic carbocycles. The highest BCUT2D eigenvalue weighted by Crippen LogP contribution is 2.30. The molecule has 1 amide bonds. The van der Waals surface area contributed by atoms with Crippen molar-refractivity contribution in [2.45, 2.75) is 19.4 Å². The van der Waals surface area contributed by atoms with E-state index in [9.17, 15) is 4.79 Å². The Kier molecular flexibility index (Phi) is 5.75. The molecule has 136 valence electrons. The van der Waals surface area contributed by atoms with Crippen LogP contribution in [0.2, 0.25) is 10.0 Å². The standard InChI is InChI=1S/C16H15Cl2N5O2S/c1-23-13(21-22-16(23)26)8-19-14(24)4-5-15-20-7-12(25-15)10-3-2-9(17)6-11(10)18/h2-3,6-7H,4-5,8H2,1H3,(H,19,24)(H,22,26). The number of nitrogens with one attached hydrogen (secondary N) is 2. The minimum Gasteiger partial charge on any atom is -0.441 e. The summed E-state index contributed by atoms with van der Waals surface area (Å²) in [6, 6.07) is 5.12. The maximum atomic E-state index is 12.0. The van der Waals surface area contributed by atoms with Crippen molar-refractivity contribution in [1.29, 1.82) is 0 Å². The Bertz CT molecular complexity index is 995. The maximum Gasteiger partial charge on any atom is 0.220 e. The van der Waals surface area contributed by atoms with E-state index in [4.69, 9.17) is 39.8 Å². The van der Waals surface area contributed by atoms with Gasteiger partial charge in [0.25, 0.3) is 0 Å². The van der Waals surface area contributed by atoms with Gasteiger partial charge >= 0.3 is 0 Å². The highest BCUT2D eigenvalue weighted by atomic mass is 35.5. The molecule has 7 nitrogen and oxygen atoms in total. The summed E-state index contributed by atoms with van der Waals surface area (Å²) in [5.41, 5.74) is 0.699. The molecule has 0 radical (unpaired) electrons. The van der Waals surface area contributed by atoms with Crippen molar-refractivity contribution in [3.8, 4) is 11.3 Å². The first kappa shape index (κ1) is 18.6. The second-order valence-corrected chi connectivity index (χ2v) is 6.75. The van der Waals surface area contributed by atoms with Gasteiger partial charge in [-0.15, -0.1) is 0 Å². The highest BCUT2D eigenvalue weighted by Gasteiger charge is 2.12. The summed E-state index contributed by atoms with van der Waals surface area (Å²) in [4.78, 5) is 16.2. The van der Waals surface area contributed by atoms with E-state index in [2.05, 4.69) is 20.5 Å². The number of carbonyl (C=O) groups is 1. The highest BCUT2D eigenvalue weighted by molar-refractivity contribution is 7.71. The molecule has 0 atom stereocenters. The Morgan fingerprint density at radius 2 is 2.23 bits per heavy atom. The van der Waals surface area contributed by atoms with Gasteiger partial charge in [0.2, 0.25) is 5.91 Å². The van der Waals surface area contributed by atoms with Gasteiger partial charge in [-0.1, -0.05) is 23.2 Å². The lowest BCUT2D eigenvalue weighted by Gasteiger charge is -2.03. The molecule has 0 spiro atoms. The van der Waals surface area contributed by atoms with Crippen LogP contribution in [-0.2, 0) is 24.8 Å². The quantitative estimate of drug-likeness (QED) is 0.603. The summed E-state index contributed by atoms with van der Waals surface area (Å²) >= 11 is 17.1. The number of H-pyrrole nitrogens is 1. The fraction of sp³-hybridized carbons (Fsp3) is 0.250. The van der Waals surface area contributed by atoms with Crippen LogP contribution in [0.3, 0.4) is 0 Å². The summed E-state index contributed by atoms with van der Waals surface area (Å²) in [7, 11) is 1.78. The average molecular weight is 412 g/mol. The molecule has 2 aromatic heterocycles. The van der Waals surface area contributed by atoms with Gasteiger partial charge in [0.15, 0.2) is 22.2 Å². The average Bonchev–Trinajstić information content (AvgIpc) is 3.19. The monoisotopic (exact) mass is 411 g/mol. The Labute approximate surface area is 164 Å². The van der Waals surface area contributed by atoms with Gasteiger partial charge in [-0.2, -0.15) is 5.10 Å². The molecule has 0 unspecified atom stereocenters. The van der Waals surface area contributed by atoms with Crippen LogP contribution in [-0.4, -0.2) is 25.7 Å². The molecule has 10 heteroatoms. The van der Waals surface area contributed by atoms with E-state index in [1.54, 1.807) is 36.0 Å². The minimum atomic E-state index is -0.136. The number of oxazole rings is 1. The summed E-state index contributed by atoms with van der Waals surface area (Å²) in [5.74, 6) is 1.50. The molecule has 0 fully saturated rings. The molecule has 0 bridgehead atoms. The van der Waals surface area contributed by atoms with Crippen molar-refractivity contribution < 1.29 is 9.21 Å². The number of benzene rings is 1. The summed E-state index contributed by atoms with van der Waals surface area (Å²) in [6.45, 7) is 0.291. The molecule has 0 aliphatic rings. The third-order valence-electron chi connectivity index (χ3n) is 3.73. The van der Waals surface area contributed by atoms with E-state index in [0.717, 1.165) is 0 Å². The van der Waals surface area contributed by atoms with Gasteiger partial charge in [0, 0.05) is 30.5 Å². The van der Waals surface area contributed by atoms with Crippen LogP contribution >= 0.6 is 35.4 Å². The maximum absolute atomic E-state index is 12.0. The number of amides is 1. The van der Waals surface area contributed by atoms with E-state index < -0.39 is 0 Å². The van der Waals surface area contributed by atoms with Crippen molar-refractivity contribution in [1.82, 2.24) is 25.1 Å². The molecular weight excluding hydrogens is 397 g/mol. The van der Waals surface area contributed by atoms with E-state index in [-0.39, 0.29) is 12.3 Å². The smallest absolute Gasteiger partial charge is 0.220 e. The van der Waals surface area contributed by atoms with E-state index in [1.165, 1.54) is 0 Å². The fourth-order valence-corrected chi connectivity index (χ4v) is 2.92. The third-order valence-corrected chi connectivity index (χ3v) is 4.65. The molecule has 2 heterocycles. The number of aromatic nitrogens is 4. The normalized spacial score (nSPS) is 10.9. The summed E-state index contributed by atoms with van der Waals surface area (Å²) in [5, 5.41) is 10.5. The molecule has 0 aliphatic heterocycles. The van der Waals surface area contributed by atoms with Crippen molar-refractivity contribution in [3.05, 3.63) is 50.9 Å². The molecule has 2 N–H and O–H groups in total. The fourth-order valence-electron chi connectivity index (χ4n) is 2.26. The number of aromatic amines is 1. The largest absolute Gasteiger partial charge is 0.441 e. The molecule has 1 aromatic carbocycles. The number of rotatable bonds is 6. The van der Waals surface area contributed by atoms with Gasteiger partial charge in [-0.05, 0) is 30.4 Å². The Balaban J connectivity index is 1.55. The van der Waals surface area contributed by atoms with E-state index in [0.29, 0.717) is 50.8 Å². The second kappa shape index (κ2) is 8.03. The van der Waals surface area contributed by atoms with Crippen LogP contribution < -0.4 is 5.32 Å². The molecule has 0 saturated carbocycles. The first-order valence-corrected chi connectivity index (χ1v) is 8.87. The predicted octanol–water partition coefficient (Wildman–Crippen LogP) is 3.69. The van der Waals surface area contributed by atoms with E-state index in [1.807, 2.05) is 0 Å². The lowest BCUT2D eigenvalue weighted by Crippen LogP contribution is -2.24. The number of carbonyl (C=O) groups excluding carboxylic acids is 1. The number of aryl methyl sites for hydroxylation is 1. The van der Waals surface area contributed by atoms with Gasteiger partial charge in [-0.25, -0.2) is 4.98 Å². The lowest BCUT2D eigenvalue weighted by molar-refractivity contribution is -0.121. The van der Waals surface area contributed by atoms with Crippen LogP contribution in [0.1, 0.15) is 18.1 Å². The zero-order chi connectivity index (χ0) is 18.7. The van der Waals surface area contributed by atoms with Crippen molar-refractivity contribution in [2.24, 2.45) is 7.05 Å². The van der Waals surface area contributed by atoms with Gasteiger partial charge < -0.3 is 14.3 Å². The first-order chi connectivity index (χ1) is 12.4. The van der Waals surface area contributed by atoms with Gasteiger partial charge in [-0.3, -0.25) is 9.89 Å². The molecule has 3 rings (SSSR count). The van der Waals surface area contributed by atoms with Crippen LogP contribution in [0, 0.1) is 4.77 Å². The SMILES string of the molecule is Cn1c(CNC(=O)CCc2ncc(-c3ccc(Cl)cc3Cl)o2)n[nH]c1=S. The van der Waals surface area contributed by atoms with Gasteiger partial charge in [0.1, 0.15) is 0 Å². The third kappa shape index (κ3) is 4.32. The van der Waals surface area contributed by atoms with Crippen LogP contribution in [0.25, 0.3) is 11.3 Å². The Morgan fingerprint density at radius 3 is 2.92 bits per heavy atom. The topological polar surface area (TPSA) is 88.7 Å². The lowest BCUT2D eigenvalue weighted by atomic mass is 10.2. The number of nitrogens with zero attached hydrogens (tertiary/aromatic N) is 3. The number of hydrogen-bond donors (Lipinski definition) is 2. The van der Waals surface area contributed by atoms with Crippen LogP contribution in [0.5, 0.6) is 0 Å². The summed E-state index contributed by atoms with van der Waals surface area (Å²) in [6.07, 6.45) is 2.19. The summed E-state index contributed by atoms with van der Waals surface area (Å²) < 4.78 is 7.87. The zero-order valence-electron chi connectivity index (χ0n) is 13.8. The van der Waals surface area contributed by atoms with Crippen molar-refractivity contribution in [2.75, 3.05) is 0 Å². The Morgan fingerprint density at radius 1 is 1.42 bits per heavy atom. The first-order valence-electron chi connectivity index (χ1n) is 7.71. The number of halogens is 2. The van der Waals surface area contributed by atoms with Gasteiger partial charge in [0.05, 0.1) is 17.8 Å². The minimum absolute atomic E-state index is 0.136. The molecule has 3 aromatic rings. The van der Waals surface area contributed by atoms with E-state index >= 15 is 0 Å². The van der Waals surface area contributed by atoms with Crippen LogP contribution in [0.15, 0.2) is 28.8 Å². The zero-order valence-corrected chi connectivity index (χ0v) is 16.1. The molecular formula is C16H15Cl2N5O2S. The van der Waals surface area contributed by atoms with Crippen molar-refractivity contribution >= 4 is 41.3 Å². The molecule has 0 saturated heterocycles.